The molecule has 0 aliphatic carbocycles. The van der Waals surface area contributed by atoms with Crippen molar-refractivity contribution in [1.82, 2.24) is 20.4 Å². The molecule has 0 saturated carbocycles. The first-order valence-electron chi connectivity index (χ1n) is 8.19. The molecular weight excluding hydrogens is 290 g/mol. The third kappa shape index (κ3) is 4.32. The quantitative estimate of drug-likeness (QED) is 0.794. The maximum atomic E-state index is 12.1. The fourth-order valence-electron chi connectivity index (χ4n) is 2.91. The van der Waals surface area contributed by atoms with Gasteiger partial charge in [-0.25, -0.2) is 4.79 Å². The van der Waals surface area contributed by atoms with Crippen LogP contribution >= 0.6 is 0 Å². The summed E-state index contributed by atoms with van der Waals surface area (Å²) in [4.78, 5) is 14.5. The van der Waals surface area contributed by atoms with Crippen LogP contribution in [0.1, 0.15) is 19.3 Å². The molecule has 3 rings (SSSR count). The largest absolute Gasteiger partial charge is 0.337 e. The van der Waals surface area contributed by atoms with Crippen LogP contribution in [0.25, 0.3) is 11.3 Å². The Labute approximate surface area is 136 Å². The third-order valence-corrected chi connectivity index (χ3v) is 4.13. The van der Waals surface area contributed by atoms with Crippen LogP contribution in [0, 0.1) is 0 Å². The van der Waals surface area contributed by atoms with Gasteiger partial charge in [-0.1, -0.05) is 24.6 Å². The molecule has 2 aromatic rings. The fourth-order valence-corrected chi connectivity index (χ4v) is 2.91. The number of anilines is 1. The van der Waals surface area contributed by atoms with Gasteiger partial charge in [-0.3, -0.25) is 5.10 Å². The smallest absolute Gasteiger partial charge is 0.319 e. The van der Waals surface area contributed by atoms with E-state index in [0.29, 0.717) is 6.54 Å². The molecule has 23 heavy (non-hydrogen) atoms. The summed E-state index contributed by atoms with van der Waals surface area (Å²) in [5.74, 6) is 0. The second kappa shape index (κ2) is 7.78. The normalized spacial score (nSPS) is 15.3. The first-order valence-corrected chi connectivity index (χ1v) is 8.19. The zero-order valence-electron chi connectivity index (χ0n) is 13.2. The number of para-hydroxylation sites is 1. The number of hydrogen-bond donors (Lipinski definition) is 3. The summed E-state index contributed by atoms with van der Waals surface area (Å²) in [6.45, 7) is 3.87. The highest BCUT2D eigenvalue weighted by Gasteiger charge is 2.11. The summed E-state index contributed by atoms with van der Waals surface area (Å²) in [5, 5.41) is 12.7. The lowest BCUT2D eigenvalue weighted by molar-refractivity contribution is 0.224. The van der Waals surface area contributed by atoms with Crippen LogP contribution in [0.4, 0.5) is 10.5 Å². The van der Waals surface area contributed by atoms with Crippen molar-refractivity contribution in [2.45, 2.75) is 19.3 Å². The number of H-pyrrole nitrogens is 1. The highest BCUT2D eigenvalue weighted by atomic mass is 16.2. The van der Waals surface area contributed by atoms with Crippen molar-refractivity contribution in [2.75, 3.05) is 31.5 Å². The van der Waals surface area contributed by atoms with Crippen molar-refractivity contribution >= 4 is 11.7 Å². The van der Waals surface area contributed by atoms with Crippen LogP contribution < -0.4 is 10.6 Å². The van der Waals surface area contributed by atoms with Crippen LogP contribution in [0.2, 0.25) is 0 Å². The van der Waals surface area contributed by atoms with Gasteiger partial charge in [-0.15, -0.1) is 0 Å². The minimum absolute atomic E-state index is 0.172. The Hall–Kier alpha value is -2.34. The third-order valence-electron chi connectivity index (χ3n) is 4.13. The average Bonchev–Trinajstić information content (AvgIpc) is 3.11. The van der Waals surface area contributed by atoms with Gasteiger partial charge in [-0.2, -0.15) is 5.10 Å². The summed E-state index contributed by atoms with van der Waals surface area (Å²) in [6.07, 6.45) is 5.56. The first kappa shape index (κ1) is 15.6. The van der Waals surface area contributed by atoms with E-state index in [0.717, 1.165) is 36.6 Å². The van der Waals surface area contributed by atoms with Gasteiger partial charge in [0, 0.05) is 24.8 Å². The average molecular weight is 313 g/mol. The molecule has 0 atom stereocenters. The molecule has 0 bridgehead atoms. The van der Waals surface area contributed by atoms with Crippen molar-refractivity contribution in [1.29, 1.82) is 0 Å². The molecule has 1 aliphatic rings. The molecule has 1 fully saturated rings. The number of amides is 2. The molecule has 122 valence electrons. The van der Waals surface area contributed by atoms with Gasteiger partial charge >= 0.3 is 6.03 Å². The van der Waals surface area contributed by atoms with Gasteiger partial charge in [0.2, 0.25) is 0 Å². The highest BCUT2D eigenvalue weighted by molar-refractivity contribution is 5.93. The zero-order valence-corrected chi connectivity index (χ0v) is 13.2. The minimum atomic E-state index is -0.172. The van der Waals surface area contributed by atoms with Crippen molar-refractivity contribution in [3.63, 3.8) is 0 Å². The predicted octanol–water partition coefficient (Wildman–Crippen LogP) is 2.68. The van der Waals surface area contributed by atoms with E-state index >= 15 is 0 Å². The van der Waals surface area contributed by atoms with Crippen LogP contribution in [0.15, 0.2) is 36.5 Å². The maximum Gasteiger partial charge on any atom is 0.319 e. The Morgan fingerprint density at radius 2 is 2.00 bits per heavy atom. The SMILES string of the molecule is O=C(NCCN1CCCCC1)Nc1ccccc1-c1ccn[nH]1. The number of nitrogens with zero attached hydrogens (tertiary/aromatic N) is 2. The lowest BCUT2D eigenvalue weighted by Gasteiger charge is -2.26. The topological polar surface area (TPSA) is 73.1 Å². The first-order chi connectivity index (χ1) is 11.3. The van der Waals surface area contributed by atoms with E-state index in [1.165, 1.54) is 19.3 Å². The Balaban J connectivity index is 1.52. The van der Waals surface area contributed by atoms with Gasteiger partial charge < -0.3 is 15.5 Å². The summed E-state index contributed by atoms with van der Waals surface area (Å²) in [6, 6.07) is 9.40. The number of hydrogen-bond acceptors (Lipinski definition) is 3. The number of carbonyl (C=O) groups excluding carboxylic acids is 1. The molecule has 3 N–H and O–H groups in total. The number of aromatic amines is 1. The van der Waals surface area contributed by atoms with Crippen molar-refractivity contribution < 1.29 is 4.79 Å². The summed E-state index contributed by atoms with van der Waals surface area (Å²) < 4.78 is 0. The minimum Gasteiger partial charge on any atom is -0.337 e. The van der Waals surface area contributed by atoms with Gasteiger partial charge in [0.15, 0.2) is 0 Å². The van der Waals surface area contributed by atoms with Crippen molar-refractivity contribution in [3.8, 4) is 11.3 Å². The monoisotopic (exact) mass is 313 g/mol. The second-order valence-corrected chi connectivity index (χ2v) is 5.80. The van der Waals surface area contributed by atoms with Crippen LogP contribution in [-0.2, 0) is 0 Å². The standard InChI is InChI=1S/C17H23N5O/c23-17(18-10-13-22-11-4-1-5-12-22)20-15-7-3-2-6-14(15)16-8-9-19-21-16/h2-3,6-9H,1,4-5,10-13H2,(H,19,21)(H2,18,20,23). The number of piperidine rings is 1. The molecule has 0 spiro atoms. The van der Waals surface area contributed by atoms with Gasteiger partial charge in [0.1, 0.15) is 0 Å². The molecule has 1 aromatic heterocycles. The van der Waals surface area contributed by atoms with Crippen LogP contribution in [-0.4, -0.2) is 47.3 Å². The molecule has 2 heterocycles. The lowest BCUT2D eigenvalue weighted by Crippen LogP contribution is -2.39. The second-order valence-electron chi connectivity index (χ2n) is 5.80. The molecule has 0 unspecified atom stereocenters. The Kier molecular flexibility index (Phi) is 5.26. The Bertz CT molecular complexity index is 620. The molecule has 6 nitrogen and oxygen atoms in total. The van der Waals surface area contributed by atoms with E-state index in [9.17, 15) is 4.79 Å². The summed E-state index contributed by atoms with van der Waals surface area (Å²) in [5.41, 5.74) is 2.58. The van der Waals surface area contributed by atoms with Crippen LogP contribution in [0.5, 0.6) is 0 Å². The zero-order chi connectivity index (χ0) is 15.9. The molecular formula is C17H23N5O. The number of urea groups is 1. The van der Waals surface area contributed by atoms with Crippen molar-refractivity contribution in [2.24, 2.45) is 0 Å². The van der Waals surface area contributed by atoms with Crippen LogP contribution in [0.3, 0.4) is 0 Å². The van der Waals surface area contributed by atoms with Crippen molar-refractivity contribution in [3.05, 3.63) is 36.5 Å². The van der Waals surface area contributed by atoms with E-state index < -0.39 is 0 Å². The molecule has 1 saturated heterocycles. The molecule has 6 heteroatoms. The van der Waals surface area contributed by atoms with E-state index in [-0.39, 0.29) is 6.03 Å². The summed E-state index contributed by atoms with van der Waals surface area (Å²) >= 11 is 0. The predicted molar refractivity (Wildman–Crippen MR) is 91.3 cm³/mol. The highest BCUT2D eigenvalue weighted by Crippen LogP contribution is 2.25. The number of likely N-dealkylation sites (tertiary alicyclic amines) is 1. The number of aromatic nitrogens is 2. The van der Waals surface area contributed by atoms with E-state index in [2.05, 4.69) is 25.7 Å². The van der Waals surface area contributed by atoms with Gasteiger partial charge in [0.25, 0.3) is 0 Å². The maximum absolute atomic E-state index is 12.1. The summed E-state index contributed by atoms with van der Waals surface area (Å²) in [7, 11) is 0. The number of carbonyl (C=O) groups is 1. The molecule has 1 aliphatic heterocycles. The molecule has 1 aromatic carbocycles. The lowest BCUT2D eigenvalue weighted by atomic mass is 10.1. The van der Waals surface area contributed by atoms with Gasteiger partial charge in [0.05, 0.1) is 11.4 Å². The number of nitrogens with one attached hydrogen (secondary N) is 3. The Morgan fingerprint density at radius 3 is 2.78 bits per heavy atom. The molecule has 0 radical (unpaired) electrons. The molecule has 2 amide bonds. The number of benzene rings is 1. The number of rotatable bonds is 5. The van der Waals surface area contributed by atoms with E-state index in [4.69, 9.17) is 0 Å². The fraction of sp³-hybridized carbons (Fsp3) is 0.412. The van der Waals surface area contributed by atoms with E-state index in [1.54, 1.807) is 6.20 Å². The Morgan fingerprint density at radius 1 is 1.17 bits per heavy atom. The van der Waals surface area contributed by atoms with E-state index in [1.807, 2.05) is 30.3 Å². The van der Waals surface area contributed by atoms with Gasteiger partial charge in [-0.05, 0) is 38.1 Å².